The van der Waals surface area contributed by atoms with Crippen LogP contribution in [0.3, 0.4) is 0 Å². The van der Waals surface area contributed by atoms with Crippen LogP contribution in [-0.2, 0) is 4.74 Å². The smallest absolute Gasteiger partial charge is 0.106 e. The minimum absolute atomic E-state index is 0.367. The number of benzene rings is 1. The molecule has 1 aliphatic heterocycles. The summed E-state index contributed by atoms with van der Waals surface area (Å²) < 4.78 is 6.34. The Balaban J connectivity index is 2.36. The molecule has 1 aromatic carbocycles. The maximum Gasteiger partial charge on any atom is 0.106 e. The SMILES string of the molecule is Cc1ccc(C2CO2)cc1Br. The number of rotatable bonds is 1. The highest BCUT2D eigenvalue weighted by Gasteiger charge is 2.24. The molecule has 1 atom stereocenters. The molecule has 0 spiro atoms. The number of epoxide rings is 1. The zero-order valence-corrected chi connectivity index (χ0v) is 7.89. The van der Waals surface area contributed by atoms with Crippen LogP contribution in [0.4, 0.5) is 0 Å². The second-order valence-electron chi connectivity index (χ2n) is 2.83. The van der Waals surface area contributed by atoms with E-state index in [-0.39, 0.29) is 0 Å². The van der Waals surface area contributed by atoms with Gasteiger partial charge < -0.3 is 4.74 Å². The molecule has 2 rings (SSSR count). The topological polar surface area (TPSA) is 12.5 Å². The molecule has 1 aromatic rings. The van der Waals surface area contributed by atoms with Crippen molar-refractivity contribution in [3.8, 4) is 0 Å². The fourth-order valence-corrected chi connectivity index (χ4v) is 1.45. The van der Waals surface area contributed by atoms with E-state index in [9.17, 15) is 0 Å². The zero-order chi connectivity index (χ0) is 7.84. The van der Waals surface area contributed by atoms with Crippen molar-refractivity contribution in [1.29, 1.82) is 0 Å². The van der Waals surface area contributed by atoms with Gasteiger partial charge in [-0.15, -0.1) is 0 Å². The van der Waals surface area contributed by atoms with Crippen LogP contribution in [0, 0.1) is 6.92 Å². The van der Waals surface area contributed by atoms with E-state index in [1.807, 2.05) is 0 Å². The normalized spacial score (nSPS) is 21.8. The Morgan fingerprint density at radius 3 is 2.82 bits per heavy atom. The first-order chi connectivity index (χ1) is 5.27. The van der Waals surface area contributed by atoms with E-state index in [1.165, 1.54) is 15.6 Å². The van der Waals surface area contributed by atoms with Crippen LogP contribution >= 0.6 is 15.9 Å². The number of hydrogen-bond donors (Lipinski definition) is 0. The van der Waals surface area contributed by atoms with Crippen molar-refractivity contribution in [3.05, 3.63) is 33.8 Å². The molecule has 0 aliphatic carbocycles. The predicted molar refractivity (Wildman–Crippen MR) is 47.6 cm³/mol. The van der Waals surface area contributed by atoms with Gasteiger partial charge in [-0.2, -0.15) is 0 Å². The average Bonchev–Trinajstić information content (AvgIpc) is 2.77. The van der Waals surface area contributed by atoms with Gasteiger partial charge in [0.1, 0.15) is 6.10 Å². The largest absolute Gasteiger partial charge is 0.368 e. The second-order valence-corrected chi connectivity index (χ2v) is 3.68. The summed E-state index contributed by atoms with van der Waals surface area (Å²) in [7, 11) is 0. The molecule has 0 saturated carbocycles. The lowest BCUT2D eigenvalue weighted by molar-refractivity contribution is 0.415. The summed E-state index contributed by atoms with van der Waals surface area (Å²) in [5, 5.41) is 0. The monoisotopic (exact) mass is 212 g/mol. The molecule has 1 fully saturated rings. The van der Waals surface area contributed by atoms with Gasteiger partial charge >= 0.3 is 0 Å². The molecule has 0 radical (unpaired) electrons. The quantitative estimate of drug-likeness (QED) is 0.653. The Morgan fingerprint density at radius 2 is 2.27 bits per heavy atom. The molecule has 0 aromatic heterocycles. The molecule has 1 saturated heterocycles. The Kier molecular flexibility index (Phi) is 1.74. The van der Waals surface area contributed by atoms with Gasteiger partial charge in [0, 0.05) is 4.47 Å². The molecule has 58 valence electrons. The summed E-state index contributed by atoms with van der Waals surface area (Å²) in [6.45, 7) is 2.97. The lowest BCUT2D eigenvalue weighted by Crippen LogP contribution is -1.82. The van der Waals surface area contributed by atoms with E-state index >= 15 is 0 Å². The van der Waals surface area contributed by atoms with Gasteiger partial charge in [0.15, 0.2) is 0 Å². The van der Waals surface area contributed by atoms with Gasteiger partial charge in [-0.1, -0.05) is 28.1 Å². The third-order valence-corrected chi connectivity index (χ3v) is 2.76. The summed E-state index contributed by atoms with van der Waals surface area (Å²) >= 11 is 3.49. The van der Waals surface area contributed by atoms with Gasteiger partial charge in [0.25, 0.3) is 0 Å². The highest BCUT2D eigenvalue weighted by Crippen LogP contribution is 2.32. The standard InChI is InChI=1S/C9H9BrO/c1-6-2-3-7(4-8(6)10)9-5-11-9/h2-4,9H,5H2,1H3. The second kappa shape index (κ2) is 2.61. The molecule has 0 bridgehead atoms. The molecule has 1 aliphatic rings. The van der Waals surface area contributed by atoms with Gasteiger partial charge in [-0.3, -0.25) is 0 Å². The Bertz CT molecular complexity index is 279. The Labute approximate surface area is 74.5 Å². The molecule has 1 heterocycles. The van der Waals surface area contributed by atoms with E-state index in [0.29, 0.717) is 6.10 Å². The van der Waals surface area contributed by atoms with E-state index in [2.05, 4.69) is 41.1 Å². The summed E-state index contributed by atoms with van der Waals surface area (Å²) in [4.78, 5) is 0. The number of aryl methyl sites for hydroxylation is 1. The predicted octanol–water partition coefficient (Wildman–Crippen LogP) is 2.83. The van der Waals surface area contributed by atoms with E-state index in [4.69, 9.17) is 4.74 Å². The van der Waals surface area contributed by atoms with E-state index in [0.717, 1.165) is 6.61 Å². The maximum atomic E-state index is 5.17. The highest BCUT2D eigenvalue weighted by molar-refractivity contribution is 9.10. The van der Waals surface area contributed by atoms with Crippen LogP contribution < -0.4 is 0 Å². The first-order valence-electron chi connectivity index (χ1n) is 3.65. The minimum Gasteiger partial charge on any atom is -0.368 e. The van der Waals surface area contributed by atoms with Crippen LogP contribution in [0.5, 0.6) is 0 Å². The Hall–Kier alpha value is -0.340. The van der Waals surface area contributed by atoms with Crippen LogP contribution in [-0.4, -0.2) is 6.61 Å². The fraction of sp³-hybridized carbons (Fsp3) is 0.333. The van der Waals surface area contributed by atoms with Crippen molar-refractivity contribution in [2.24, 2.45) is 0 Å². The van der Waals surface area contributed by atoms with E-state index < -0.39 is 0 Å². The molecule has 1 nitrogen and oxygen atoms in total. The molecule has 2 heteroatoms. The molecule has 0 N–H and O–H groups in total. The maximum absolute atomic E-state index is 5.17. The van der Waals surface area contributed by atoms with Gasteiger partial charge in [-0.25, -0.2) is 0 Å². The third-order valence-electron chi connectivity index (χ3n) is 1.90. The first kappa shape index (κ1) is 7.32. The highest BCUT2D eigenvalue weighted by atomic mass is 79.9. The summed E-state index contributed by atoms with van der Waals surface area (Å²) in [6.07, 6.45) is 0.367. The molecule has 1 unspecified atom stereocenters. The zero-order valence-electron chi connectivity index (χ0n) is 6.30. The van der Waals surface area contributed by atoms with Crippen molar-refractivity contribution < 1.29 is 4.74 Å². The lowest BCUT2D eigenvalue weighted by atomic mass is 10.1. The van der Waals surface area contributed by atoms with Crippen molar-refractivity contribution >= 4 is 15.9 Å². The van der Waals surface area contributed by atoms with Crippen LogP contribution in [0.1, 0.15) is 17.2 Å². The molecular formula is C9H9BrO. The van der Waals surface area contributed by atoms with Crippen LogP contribution in [0.2, 0.25) is 0 Å². The summed E-state index contributed by atoms with van der Waals surface area (Å²) in [5.74, 6) is 0. The van der Waals surface area contributed by atoms with Crippen molar-refractivity contribution in [3.63, 3.8) is 0 Å². The fourth-order valence-electron chi connectivity index (χ4n) is 1.05. The van der Waals surface area contributed by atoms with Crippen molar-refractivity contribution in [2.45, 2.75) is 13.0 Å². The first-order valence-corrected chi connectivity index (χ1v) is 4.44. The van der Waals surface area contributed by atoms with E-state index in [1.54, 1.807) is 0 Å². The van der Waals surface area contributed by atoms with Crippen molar-refractivity contribution in [1.82, 2.24) is 0 Å². The van der Waals surface area contributed by atoms with Gasteiger partial charge in [-0.05, 0) is 24.1 Å². The summed E-state index contributed by atoms with van der Waals surface area (Å²) in [6, 6.07) is 6.37. The number of halogens is 1. The molecular weight excluding hydrogens is 204 g/mol. The lowest BCUT2D eigenvalue weighted by Gasteiger charge is -1.99. The van der Waals surface area contributed by atoms with Gasteiger partial charge in [0.05, 0.1) is 6.61 Å². The summed E-state index contributed by atoms with van der Waals surface area (Å²) in [5.41, 5.74) is 2.55. The van der Waals surface area contributed by atoms with Gasteiger partial charge in [0.2, 0.25) is 0 Å². The van der Waals surface area contributed by atoms with Crippen LogP contribution in [0.25, 0.3) is 0 Å². The number of ether oxygens (including phenoxy) is 1. The van der Waals surface area contributed by atoms with Crippen molar-refractivity contribution in [2.75, 3.05) is 6.61 Å². The molecule has 0 amide bonds. The molecule has 11 heavy (non-hydrogen) atoms. The third kappa shape index (κ3) is 1.47. The van der Waals surface area contributed by atoms with Crippen LogP contribution in [0.15, 0.2) is 22.7 Å². The average molecular weight is 213 g/mol. The number of hydrogen-bond acceptors (Lipinski definition) is 1. The Morgan fingerprint density at radius 1 is 1.55 bits per heavy atom. The minimum atomic E-state index is 0.367.